The molecule has 0 saturated heterocycles. The lowest BCUT2D eigenvalue weighted by Gasteiger charge is -2.19. The highest BCUT2D eigenvalue weighted by atomic mass is 79.9. The van der Waals surface area contributed by atoms with Crippen molar-refractivity contribution < 1.29 is 13.2 Å². The second kappa shape index (κ2) is 6.74. The van der Waals surface area contributed by atoms with Crippen LogP contribution < -0.4 is 5.32 Å². The highest BCUT2D eigenvalue weighted by Gasteiger charge is 2.20. The summed E-state index contributed by atoms with van der Waals surface area (Å²) in [6.07, 6.45) is 0.879. The maximum Gasteiger partial charge on any atom is 0.194 e. The van der Waals surface area contributed by atoms with Crippen LogP contribution in [0.15, 0.2) is 27.4 Å². The van der Waals surface area contributed by atoms with Crippen molar-refractivity contribution in [1.82, 2.24) is 5.32 Å². The minimum absolute atomic E-state index is 0.369. The van der Waals surface area contributed by atoms with Gasteiger partial charge in [-0.3, -0.25) is 0 Å². The van der Waals surface area contributed by atoms with Gasteiger partial charge in [-0.05, 0) is 57.5 Å². The Balaban J connectivity index is 2.44. The van der Waals surface area contributed by atoms with Crippen molar-refractivity contribution in [3.8, 4) is 0 Å². The molecule has 1 atom stereocenters. The first-order valence-corrected chi connectivity index (χ1v) is 7.87. The second-order valence-corrected chi connectivity index (χ2v) is 5.96. The summed E-state index contributed by atoms with van der Waals surface area (Å²) in [7, 11) is 0. The van der Waals surface area contributed by atoms with E-state index in [0.717, 1.165) is 28.6 Å². The van der Waals surface area contributed by atoms with Gasteiger partial charge in [0.05, 0.1) is 6.04 Å². The predicted molar refractivity (Wildman–Crippen MR) is 78.5 cm³/mol. The van der Waals surface area contributed by atoms with Crippen LogP contribution in [0.2, 0.25) is 0 Å². The van der Waals surface area contributed by atoms with Gasteiger partial charge in [-0.1, -0.05) is 6.92 Å². The van der Waals surface area contributed by atoms with Crippen molar-refractivity contribution in [2.45, 2.75) is 19.4 Å². The summed E-state index contributed by atoms with van der Waals surface area (Å²) in [6.45, 7) is 2.69. The van der Waals surface area contributed by atoms with Gasteiger partial charge in [-0.25, -0.2) is 13.2 Å². The third-order valence-corrected chi connectivity index (χ3v) is 4.64. The average molecular weight is 364 g/mol. The molecule has 1 nitrogen and oxygen atoms in total. The molecule has 6 heteroatoms. The lowest BCUT2D eigenvalue weighted by molar-refractivity contribution is 0.442. The molecular formula is C14H13BrF3NS. The monoisotopic (exact) mass is 363 g/mol. The molecule has 0 radical (unpaired) electrons. The number of rotatable bonds is 5. The van der Waals surface area contributed by atoms with Crippen molar-refractivity contribution in [2.24, 2.45) is 0 Å². The molecule has 0 saturated carbocycles. The van der Waals surface area contributed by atoms with E-state index in [0.29, 0.717) is 12.1 Å². The Bertz CT molecular complexity index is 577. The summed E-state index contributed by atoms with van der Waals surface area (Å²) >= 11 is 4.90. The second-order valence-electron chi connectivity index (χ2n) is 4.36. The number of hydrogen-bond donors (Lipinski definition) is 1. The average Bonchev–Trinajstić information content (AvgIpc) is 2.83. The Morgan fingerprint density at radius 2 is 1.85 bits per heavy atom. The maximum atomic E-state index is 13.4. The molecule has 2 rings (SSSR count). The fraction of sp³-hybridized carbons (Fsp3) is 0.286. The van der Waals surface area contributed by atoms with Crippen LogP contribution in [0.5, 0.6) is 0 Å². The number of hydrogen-bond acceptors (Lipinski definition) is 2. The van der Waals surface area contributed by atoms with Gasteiger partial charge in [-0.15, -0.1) is 0 Å². The molecule has 2 aromatic rings. The van der Waals surface area contributed by atoms with Crippen LogP contribution >= 0.6 is 27.3 Å². The zero-order valence-electron chi connectivity index (χ0n) is 10.7. The zero-order chi connectivity index (χ0) is 14.7. The highest BCUT2D eigenvalue weighted by molar-refractivity contribution is 9.10. The normalized spacial score (nSPS) is 12.7. The molecule has 1 heterocycles. The van der Waals surface area contributed by atoms with Crippen LogP contribution in [0, 0.1) is 17.5 Å². The first-order chi connectivity index (χ1) is 9.54. The van der Waals surface area contributed by atoms with E-state index in [-0.39, 0.29) is 6.04 Å². The molecule has 1 N–H and O–H groups in total. The number of halogens is 4. The topological polar surface area (TPSA) is 12.0 Å². The first kappa shape index (κ1) is 15.5. The Hall–Kier alpha value is -0.850. The van der Waals surface area contributed by atoms with Gasteiger partial charge in [-0.2, -0.15) is 11.3 Å². The molecule has 108 valence electrons. The Morgan fingerprint density at radius 1 is 1.20 bits per heavy atom. The van der Waals surface area contributed by atoms with E-state index in [2.05, 4.69) is 21.2 Å². The van der Waals surface area contributed by atoms with Gasteiger partial charge >= 0.3 is 0 Å². The lowest BCUT2D eigenvalue weighted by Crippen LogP contribution is -2.23. The molecule has 0 fully saturated rings. The zero-order valence-corrected chi connectivity index (χ0v) is 13.1. The van der Waals surface area contributed by atoms with Crippen molar-refractivity contribution in [1.29, 1.82) is 0 Å². The minimum atomic E-state index is -1.44. The van der Waals surface area contributed by atoms with Crippen LogP contribution in [0.1, 0.15) is 30.5 Å². The van der Waals surface area contributed by atoms with E-state index in [9.17, 15) is 13.2 Å². The van der Waals surface area contributed by atoms with Crippen molar-refractivity contribution in [3.05, 3.63) is 55.9 Å². The lowest BCUT2D eigenvalue weighted by atomic mass is 10.0. The molecule has 0 aliphatic carbocycles. The molecule has 20 heavy (non-hydrogen) atoms. The molecular weight excluding hydrogens is 351 g/mol. The van der Waals surface area contributed by atoms with Crippen molar-refractivity contribution in [2.75, 3.05) is 6.54 Å². The first-order valence-electron chi connectivity index (χ1n) is 6.14. The molecule has 1 aromatic carbocycles. The largest absolute Gasteiger partial charge is 0.306 e. The SMILES string of the molecule is CCCNC(c1cc(F)c(F)c(F)c1)c1cscc1Br. The van der Waals surface area contributed by atoms with Gasteiger partial charge in [0.15, 0.2) is 17.5 Å². The van der Waals surface area contributed by atoms with Crippen LogP contribution in [0.4, 0.5) is 13.2 Å². The number of benzene rings is 1. The maximum absolute atomic E-state index is 13.4. The van der Waals surface area contributed by atoms with E-state index in [1.165, 1.54) is 11.3 Å². The Morgan fingerprint density at radius 3 is 2.35 bits per heavy atom. The molecule has 0 bridgehead atoms. The summed E-state index contributed by atoms with van der Waals surface area (Å²) in [5, 5.41) is 7.02. The van der Waals surface area contributed by atoms with Crippen molar-refractivity contribution in [3.63, 3.8) is 0 Å². The molecule has 1 unspecified atom stereocenters. The van der Waals surface area contributed by atoms with E-state index >= 15 is 0 Å². The standard InChI is InChI=1S/C14H13BrF3NS/c1-2-3-19-14(9-6-20-7-10(9)15)8-4-11(16)13(18)12(17)5-8/h4-7,14,19H,2-3H2,1H3. The van der Waals surface area contributed by atoms with E-state index in [4.69, 9.17) is 0 Å². The van der Waals surface area contributed by atoms with Crippen LogP contribution in [0.25, 0.3) is 0 Å². The highest BCUT2D eigenvalue weighted by Crippen LogP contribution is 2.32. The molecule has 0 aliphatic rings. The number of thiophene rings is 1. The summed E-state index contributed by atoms with van der Waals surface area (Å²) < 4.78 is 40.8. The van der Waals surface area contributed by atoms with Crippen LogP contribution in [-0.4, -0.2) is 6.54 Å². The summed E-state index contributed by atoms with van der Waals surface area (Å²) in [5.74, 6) is -3.78. The summed E-state index contributed by atoms with van der Waals surface area (Å²) in [6, 6.07) is 1.70. The van der Waals surface area contributed by atoms with Gasteiger partial charge in [0, 0.05) is 9.85 Å². The van der Waals surface area contributed by atoms with Crippen molar-refractivity contribution >= 4 is 27.3 Å². The molecule has 0 aliphatic heterocycles. The van der Waals surface area contributed by atoms with E-state index in [1.54, 1.807) is 0 Å². The molecule has 0 amide bonds. The fourth-order valence-electron chi connectivity index (χ4n) is 1.94. The fourth-order valence-corrected chi connectivity index (χ4v) is 3.49. The third kappa shape index (κ3) is 3.24. The van der Waals surface area contributed by atoms with Gasteiger partial charge in [0.1, 0.15) is 0 Å². The quantitative estimate of drug-likeness (QED) is 0.735. The van der Waals surface area contributed by atoms with E-state index in [1.807, 2.05) is 17.7 Å². The predicted octanol–water partition coefficient (Wildman–Crippen LogP) is 5.02. The Kier molecular flexibility index (Phi) is 5.23. The summed E-state index contributed by atoms with van der Waals surface area (Å²) in [5.41, 5.74) is 1.25. The van der Waals surface area contributed by atoms with Crippen LogP contribution in [-0.2, 0) is 0 Å². The summed E-state index contributed by atoms with van der Waals surface area (Å²) in [4.78, 5) is 0. The van der Waals surface area contributed by atoms with Gasteiger partial charge < -0.3 is 5.32 Å². The molecule has 0 spiro atoms. The van der Waals surface area contributed by atoms with Gasteiger partial charge in [0.25, 0.3) is 0 Å². The third-order valence-electron chi connectivity index (χ3n) is 2.89. The minimum Gasteiger partial charge on any atom is -0.306 e. The number of nitrogens with one attached hydrogen (secondary N) is 1. The van der Waals surface area contributed by atoms with Crippen LogP contribution in [0.3, 0.4) is 0 Å². The van der Waals surface area contributed by atoms with Gasteiger partial charge in [0.2, 0.25) is 0 Å². The Labute approximate surface area is 128 Å². The van der Waals surface area contributed by atoms with E-state index < -0.39 is 17.5 Å². The smallest absolute Gasteiger partial charge is 0.194 e. The molecule has 1 aromatic heterocycles.